The largest absolute Gasteiger partial charge is 0.480 e. The number of nitrogens with zero attached hydrogens (tertiary/aromatic N) is 1. The molecule has 0 aliphatic carbocycles. The minimum Gasteiger partial charge on any atom is -0.480 e. The minimum atomic E-state index is -1.18. The zero-order chi connectivity index (χ0) is 15.4. The molecule has 0 spiro atoms. The molecular formula is C13H16N2O5. The number of aryl methyl sites for hydroxylation is 1. The smallest absolute Gasteiger partial charge is 0.326 e. The molecule has 0 aromatic heterocycles. The van der Waals surface area contributed by atoms with Crippen molar-refractivity contribution in [1.29, 1.82) is 0 Å². The number of rotatable bonds is 5. The summed E-state index contributed by atoms with van der Waals surface area (Å²) in [6.07, 6.45) is 0. The Morgan fingerprint density at radius 1 is 1.35 bits per heavy atom. The van der Waals surface area contributed by atoms with Crippen LogP contribution < -0.4 is 5.32 Å². The van der Waals surface area contributed by atoms with E-state index in [0.29, 0.717) is 5.56 Å². The first-order valence-electron chi connectivity index (χ1n) is 6.02. The number of carboxylic acids is 1. The summed E-state index contributed by atoms with van der Waals surface area (Å²) in [6, 6.07) is 3.02. The molecule has 0 fully saturated rings. The van der Waals surface area contributed by atoms with Crippen molar-refractivity contribution in [2.75, 3.05) is 0 Å². The summed E-state index contributed by atoms with van der Waals surface area (Å²) < 4.78 is 0. The Morgan fingerprint density at radius 3 is 2.40 bits per heavy atom. The monoisotopic (exact) mass is 280 g/mol. The summed E-state index contributed by atoms with van der Waals surface area (Å²) in [5, 5.41) is 22.2. The lowest BCUT2D eigenvalue weighted by Crippen LogP contribution is -2.44. The van der Waals surface area contributed by atoms with Gasteiger partial charge < -0.3 is 10.4 Å². The van der Waals surface area contributed by atoms with Crippen molar-refractivity contribution in [2.24, 2.45) is 5.92 Å². The van der Waals surface area contributed by atoms with Crippen molar-refractivity contribution in [1.82, 2.24) is 5.32 Å². The quantitative estimate of drug-likeness (QED) is 0.630. The number of hydrogen-bond donors (Lipinski definition) is 2. The highest BCUT2D eigenvalue weighted by atomic mass is 16.6. The second-order valence-corrected chi connectivity index (χ2v) is 4.81. The van der Waals surface area contributed by atoms with Gasteiger partial charge in [0.05, 0.1) is 4.92 Å². The number of carboxylic acid groups (broad SMARTS) is 1. The average Bonchev–Trinajstić information content (AvgIpc) is 2.34. The molecule has 0 aliphatic rings. The van der Waals surface area contributed by atoms with Gasteiger partial charge in [0.1, 0.15) is 11.6 Å². The van der Waals surface area contributed by atoms with Gasteiger partial charge in [-0.3, -0.25) is 14.9 Å². The summed E-state index contributed by atoms with van der Waals surface area (Å²) in [5.41, 5.74) is 0.195. The number of benzene rings is 1. The number of carbonyl (C=O) groups excluding carboxylic acids is 1. The summed E-state index contributed by atoms with van der Waals surface area (Å²) in [5.74, 6) is -2.27. The molecule has 0 unspecified atom stereocenters. The lowest BCUT2D eigenvalue weighted by atomic mass is 10.0. The maximum Gasteiger partial charge on any atom is 0.326 e. The molecule has 0 heterocycles. The molecule has 0 bridgehead atoms. The van der Waals surface area contributed by atoms with E-state index in [9.17, 15) is 19.7 Å². The fourth-order valence-electron chi connectivity index (χ4n) is 1.72. The fourth-order valence-corrected chi connectivity index (χ4v) is 1.72. The van der Waals surface area contributed by atoms with Crippen LogP contribution in [0.2, 0.25) is 0 Å². The SMILES string of the molecule is Cc1ccc([N+](=O)[O-])c(C(=O)N[C@H](C(=O)O)C(C)C)c1. The van der Waals surface area contributed by atoms with Gasteiger partial charge in [-0.2, -0.15) is 0 Å². The van der Waals surface area contributed by atoms with E-state index in [1.807, 2.05) is 0 Å². The molecule has 1 aromatic carbocycles. The molecule has 7 nitrogen and oxygen atoms in total. The zero-order valence-electron chi connectivity index (χ0n) is 11.4. The van der Waals surface area contributed by atoms with Crippen molar-refractivity contribution in [2.45, 2.75) is 26.8 Å². The van der Waals surface area contributed by atoms with E-state index < -0.39 is 22.8 Å². The Bertz CT molecular complexity index is 554. The van der Waals surface area contributed by atoms with E-state index in [-0.39, 0.29) is 17.2 Å². The van der Waals surface area contributed by atoms with Crippen LogP contribution in [-0.2, 0) is 4.79 Å². The number of nitro benzene ring substituents is 1. The molecule has 1 aromatic rings. The van der Waals surface area contributed by atoms with Crippen LogP contribution in [0.15, 0.2) is 18.2 Å². The van der Waals surface area contributed by atoms with E-state index >= 15 is 0 Å². The van der Waals surface area contributed by atoms with Crippen LogP contribution >= 0.6 is 0 Å². The van der Waals surface area contributed by atoms with E-state index in [1.165, 1.54) is 18.2 Å². The first-order valence-corrected chi connectivity index (χ1v) is 6.02. The van der Waals surface area contributed by atoms with Gasteiger partial charge in [0.25, 0.3) is 11.6 Å². The van der Waals surface area contributed by atoms with Gasteiger partial charge in [0.15, 0.2) is 0 Å². The minimum absolute atomic E-state index is 0.137. The molecule has 1 amide bonds. The Morgan fingerprint density at radius 2 is 1.95 bits per heavy atom. The Balaban J connectivity index is 3.11. The summed E-state index contributed by atoms with van der Waals surface area (Å²) in [6.45, 7) is 4.98. The molecule has 0 aliphatic heterocycles. The number of nitrogens with one attached hydrogen (secondary N) is 1. The Labute approximate surface area is 115 Å². The van der Waals surface area contributed by atoms with Crippen LogP contribution in [0.5, 0.6) is 0 Å². The topological polar surface area (TPSA) is 110 Å². The third-order valence-corrected chi connectivity index (χ3v) is 2.81. The first kappa shape index (κ1) is 15.6. The van der Waals surface area contributed by atoms with E-state index in [1.54, 1.807) is 20.8 Å². The van der Waals surface area contributed by atoms with Crippen LogP contribution in [-0.4, -0.2) is 27.9 Å². The lowest BCUT2D eigenvalue weighted by Gasteiger charge is -2.17. The van der Waals surface area contributed by atoms with Crippen molar-refractivity contribution in [3.8, 4) is 0 Å². The summed E-state index contributed by atoms with van der Waals surface area (Å²) in [4.78, 5) is 33.3. The molecule has 1 atom stereocenters. The highest BCUT2D eigenvalue weighted by molar-refractivity contribution is 6.00. The fraction of sp³-hybridized carbons (Fsp3) is 0.385. The van der Waals surface area contributed by atoms with E-state index in [4.69, 9.17) is 5.11 Å². The molecule has 20 heavy (non-hydrogen) atoms. The van der Waals surface area contributed by atoms with Crippen LogP contribution in [0, 0.1) is 23.0 Å². The van der Waals surface area contributed by atoms with Gasteiger partial charge in [0.2, 0.25) is 0 Å². The van der Waals surface area contributed by atoms with Crippen molar-refractivity contribution in [3.05, 3.63) is 39.4 Å². The molecule has 108 valence electrons. The van der Waals surface area contributed by atoms with Crippen molar-refractivity contribution < 1.29 is 19.6 Å². The molecular weight excluding hydrogens is 264 g/mol. The number of carbonyl (C=O) groups is 2. The number of aliphatic carboxylic acids is 1. The van der Waals surface area contributed by atoms with Gasteiger partial charge >= 0.3 is 5.97 Å². The second kappa shape index (κ2) is 6.14. The lowest BCUT2D eigenvalue weighted by molar-refractivity contribution is -0.385. The van der Waals surface area contributed by atoms with Crippen molar-refractivity contribution in [3.63, 3.8) is 0 Å². The number of nitro groups is 1. The van der Waals surface area contributed by atoms with Gasteiger partial charge in [0, 0.05) is 6.07 Å². The molecule has 0 saturated heterocycles. The Hall–Kier alpha value is -2.44. The van der Waals surface area contributed by atoms with Crippen LogP contribution in [0.3, 0.4) is 0 Å². The van der Waals surface area contributed by atoms with Crippen LogP contribution in [0.4, 0.5) is 5.69 Å². The summed E-state index contributed by atoms with van der Waals surface area (Å²) in [7, 11) is 0. The maximum atomic E-state index is 12.1. The zero-order valence-corrected chi connectivity index (χ0v) is 11.4. The highest BCUT2D eigenvalue weighted by Crippen LogP contribution is 2.20. The third kappa shape index (κ3) is 3.53. The highest BCUT2D eigenvalue weighted by Gasteiger charge is 2.27. The molecule has 0 radical (unpaired) electrons. The number of amides is 1. The standard InChI is InChI=1S/C13H16N2O5/c1-7(2)11(13(17)18)14-12(16)9-6-8(3)4-5-10(9)15(19)20/h4-7,11H,1-3H3,(H,14,16)(H,17,18)/t11-/m0/s1. The van der Waals surface area contributed by atoms with Gasteiger partial charge in [-0.15, -0.1) is 0 Å². The predicted octanol–water partition coefficient (Wildman–Crippen LogP) is 1.74. The summed E-state index contributed by atoms with van der Waals surface area (Å²) >= 11 is 0. The Kier molecular flexibility index (Phi) is 4.79. The normalized spacial score (nSPS) is 12.0. The van der Waals surface area contributed by atoms with E-state index in [0.717, 1.165) is 0 Å². The molecule has 0 saturated carbocycles. The number of hydrogen-bond acceptors (Lipinski definition) is 4. The molecule has 7 heteroatoms. The molecule has 1 rings (SSSR count). The predicted molar refractivity (Wildman–Crippen MR) is 71.6 cm³/mol. The van der Waals surface area contributed by atoms with Gasteiger partial charge in [-0.25, -0.2) is 4.79 Å². The van der Waals surface area contributed by atoms with Crippen LogP contribution in [0.25, 0.3) is 0 Å². The van der Waals surface area contributed by atoms with E-state index in [2.05, 4.69) is 5.32 Å². The average molecular weight is 280 g/mol. The molecule has 2 N–H and O–H groups in total. The van der Waals surface area contributed by atoms with Gasteiger partial charge in [-0.1, -0.05) is 19.9 Å². The van der Waals surface area contributed by atoms with Crippen LogP contribution in [0.1, 0.15) is 29.8 Å². The first-order chi connectivity index (χ1) is 9.23. The van der Waals surface area contributed by atoms with Crippen molar-refractivity contribution >= 4 is 17.6 Å². The third-order valence-electron chi connectivity index (χ3n) is 2.81. The second-order valence-electron chi connectivity index (χ2n) is 4.81. The van der Waals surface area contributed by atoms with Gasteiger partial charge in [-0.05, 0) is 24.5 Å². The maximum absolute atomic E-state index is 12.1.